The van der Waals surface area contributed by atoms with Gasteiger partial charge in [-0.25, -0.2) is 4.57 Å². The molecule has 0 aliphatic heterocycles. The van der Waals surface area contributed by atoms with Crippen molar-refractivity contribution in [2.75, 3.05) is 7.11 Å². The zero-order valence-electron chi connectivity index (χ0n) is 16.9. The molecule has 5 nitrogen and oxygen atoms in total. The first-order valence-corrected chi connectivity index (χ1v) is 11.1. The maximum atomic E-state index is 11.2. The second-order valence-electron chi connectivity index (χ2n) is 7.29. The van der Waals surface area contributed by atoms with Crippen LogP contribution in [0.1, 0.15) is 31.7 Å². The molecular formula is C24H23O5P. The molecule has 1 fully saturated rings. The average molecular weight is 422 g/mol. The summed E-state index contributed by atoms with van der Waals surface area (Å²) in [6.45, 7) is 2.11. The van der Waals surface area contributed by atoms with Crippen molar-refractivity contribution in [2.24, 2.45) is 17.8 Å². The van der Waals surface area contributed by atoms with E-state index in [1.807, 2.05) is 6.07 Å². The van der Waals surface area contributed by atoms with E-state index in [2.05, 4.69) is 42.6 Å². The van der Waals surface area contributed by atoms with Gasteiger partial charge in [-0.15, -0.1) is 6.42 Å². The van der Waals surface area contributed by atoms with Crippen molar-refractivity contribution < 1.29 is 23.6 Å². The highest BCUT2D eigenvalue weighted by Crippen LogP contribution is 2.50. The van der Waals surface area contributed by atoms with Gasteiger partial charge in [-0.05, 0) is 61.2 Å². The fourth-order valence-corrected chi connectivity index (χ4v) is 4.75. The van der Waals surface area contributed by atoms with Gasteiger partial charge in [0, 0.05) is 23.3 Å². The number of phosphoric acid groups is 1. The SMILES string of the molecule is C#CC#CC#CC1C=C(C)C2CCCC1C2=C(OC)c1cccc(OP(=O)(O)O)c1. The zero-order chi connectivity index (χ0) is 21.7. The van der Waals surface area contributed by atoms with Crippen LogP contribution >= 0.6 is 7.82 Å². The molecule has 0 saturated heterocycles. The molecule has 1 aromatic carbocycles. The zero-order valence-corrected chi connectivity index (χ0v) is 17.8. The molecule has 3 unspecified atom stereocenters. The van der Waals surface area contributed by atoms with Crippen LogP contribution in [0.2, 0.25) is 0 Å². The summed E-state index contributed by atoms with van der Waals surface area (Å²) in [7, 11) is -3.03. The highest BCUT2D eigenvalue weighted by atomic mass is 31.2. The number of ether oxygens (including phenoxy) is 1. The van der Waals surface area contributed by atoms with Crippen LogP contribution in [-0.2, 0) is 9.30 Å². The van der Waals surface area contributed by atoms with Crippen LogP contribution in [0.5, 0.6) is 5.75 Å². The lowest BCUT2D eigenvalue weighted by atomic mass is 9.64. The molecule has 1 saturated carbocycles. The first-order chi connectivity index (χ1) is 14.3. The lowest BCUT2D eigenvalue weighted by Gasteiger charge is -2.41. The summed E-state index contributed by atoms with van der Waals surface area (Å²) in [5.74, 6) is 14.8. The Kier molecular flexibility index (Phi) is 6.77. The van der Waals surface area contributed by atoms with E-state index >= 15 is 0 Å². The Hall–Kier alpha value is -2.87. The molecule has 0 spiro atoms. The third-order valence-electron chi connectivity index (χ3n) is 5.43. The van der Waals surface area contributed by atoms with Crippen molar-refractivity contribution >= 4 is 13.6 Å². The quantitative estimate of drug-likeness (QED) is 0.330. The molecule has 3 rings (SSSR count). The molecule has 154 valence electrons. The lowest BCUT2D eigenvalue weighted by Crippen LogP contribution is -2.31. The van der Waals surface area contributed by atoms with Crippen molar-refractivity contribution in [2.45, 2.75) is 26.2 Å². The molecule has 2 aliphatic carbocycles. The molecule has 30 heavy (non-hydrogen) atoms. The van der Waals surface area contributed by atoms with Gasteiger partial charge in [0.25, 0.3) is 0 Å². The largest absolute Gasteiger partial charge is 0.524 e. The van der Waals surface area contributed by atoms with Crippen LogP contribution in [0.25, 0.3) is 5.76 Å². The van der Waals surface area contributed by atoms with Crippen LogP contribution in [0.4, 0.5) is 0 Å². The fraction of sp³-hybridized carbons (Fsp3) is 0.333. The Morgan fingerprint density at radius 2 is 2.03 bits per heavy atom. The Morgan fingerprint density at radius 3 is 2.73 bits per heavy atom. The van der Waals surface area contributed by atoms with E-state index in [0.29, 0.717) is 11.3 Å². The number of hydrogen-bond donors (Lipinski definition) is 2. The second-order valence-corrected chi connectivity index (χ2v) is 8.45. The molecule has 0 amide bonds. The number of rotatable bonds is 4. The minimum absolute atomic E-state index is 0.00306. The predicted octanol–water partition coefficient (Wildman–Crippen LogP) is 4.15. The van der Waals surface area contributed by atoms with Crippen LogP contribution in [0, 0.1) is 53.8 Å². The maximum absolute atomic E-state index is 11.2. The summed E-state index contributed by atoms with van der Waals surface area (Å²) in [4.78, 5) is 18.3. The van der Waals surface area contributed by atoms with Crippen molar-refractivity contribution in [1.82, 2.24) is 0 Å². The number of terminal acetylenes is 1. The molecule has 2 bridgehead atoms. The first-order valence-electron chi connectivity index (χ1n) is 9.62. The molecule has 0 radical (unpaired) electrons. The average Bonchev–Trinajstić information content (AvgIpc) is 2.69. The highest BCUT2D eigenvalue weighted by molar-refractivity contribution is 7.46. The Morgan fingerprint density at radius 1 is 1.23 bits per heavy atom. The summed E-state index contributed by atoms with van der Waals surface area (Å²) in [5.41, 5.74) is 3.12. The van der Waals surface area contributed by atoms with E-state index in [1.54, 1.807) is 19.2 Å². The molecule has 3 atom stereocenters. The Labute approximate surface area is 177 Å². The van der Waals surface area contributed by atoms with Crippen LogP contribution < -0.4 is 4.52 Å². The van der Waals surface area contributed by atoms with Crippen molar-refractivity contribution in [3.05, 3.63) is 47.1 Å². The van der Waals surface area contributed by atoms with Gasteiger partial charge in [-0.2, -0.15) is 0 Å². The number of allylic oxidation sites excluding steroid dienone is 3. The number of phosphoric ester groups is 1. The van der Waals surface area contributed by atoms with E-state index in [-0.39, 0.29) is 23.5 Å². The number of benzene rings is 1. The summed E-state index contributed by atoms with van der Waals surface area (Å²) in [6.07, 6.45) is 10.5. The smallest absolute Gasteiger partial charge is 0.496 e. The van der Waals surface area contributed by atoms with Gasteiger partial charge in [-0.3, -0.25) is 9.79 Å². The minimum atomic E-state index is -4.65. The molecule has 0 aromatic heterocycles. The van der Waals surface area contributed by atoms with E-state index < -0.39 is 7.82 Å². The molecule has 6 heteroatoms. The first kappa shape index (κ1) is 21.8. The summed E-state index contributed by atoms with van der Waals surface area (Å²) >= 11 is 0. The van der Waals surface area contributed by atoms with Gasteiger partial charge in [0.05, 0.1) is 7.11 Å². The van der Waals surface area contributed by atoms with Gasteiger partial charge in [0.15, 0.2) is 0 Å². The number of methoxy groups -OCH3 is 1. The van der Waals surface area contributed by atoms with Crippen molar-refractivity contribution in [1.29, 1.82) is 0 Å². The van der Waals surface area contributed by atoms with E-state index in [9.17, 15) is 4.57 Å². The summed E-state index contributed by atoms with van der Waals surface area (Å²) in [5, 5.41) is 0. The van der Waals surface area contributed by atoms with Crippen molar-refractivity contribution in [3.63, 3.8) is 0 Å². The second kappa shape index (κ2) is 9.30. The molecule has 2 N–H and O–H groups in total. The summed E-state index contributed by atoms with van der Waals surface area (Å²) < 4.78 is 21.8. The van der Waals surface area contributed by atoms with Crippen LogP contribution in [0.15, 0.2) is 41.5 Å². The van der Waals surface area contributed by atoms with Crippen molar-refractivity contribution in [3.8, 4) is 41.8 Å². The van der Waals surface area contributed by atoms with Crippen LogP contribution in [0.3, 0.4) is 0 Å². The minimum Gasteiger partial charge on any atom is -0.496 e. The van der Waals surface area contributed by atoms with Gasteiger partial charge in [0.1, 0.15) is 11.5 Å². The van der Waals surface area contributed by atoms with Crippen LogP contribution in [-0.4, -0.2) is 16.9 Å². The van der Waals surface area contributed by atoms with E-state index in [4.69, 9.17) is 25.5 Å². The Bertz CT molecular complexity index is 1090. The molecule has 1 aromatic rings. The molecular weight excluding hydrogens is 399 g/mol. The monoisotopic (exact) mass is 422 g/mol. The van der Waals surface area contributed by atoms with E-state index in [0.717, 1.165) is 19.3 Å². The molecule has 2 aliphatic rings. The third-order valence-corrected chi connectivity index (χ3v) is 5.88. The highest BCUT2D eigenvalue weighted by Gasteiger charge is 2.39. The maximum Gasteiger partial charge on any atom is 0.524 e. The van der Waals surface area contributed by atoms with Gasteiger partial charge < -0.3 is 9.26 Å². The normalized spacial score (nSPS) is 24.1. The summed E-state index contributed by atoms with van der Waals surface area (Å²) in [6, 6.07) is 6.63. The van der Waals surface area contributed by atoms with Gasteiger partial charge >= 0.3 is 7.82 Å². The fourth-order valence-electron chi connectivity index (χ4n) is 4.36. The van der Waals surface area contributed by atoms with E-state index in [1.165, 1.54) is 17.2 Å². The standard InChI is InChI=1S/C24H23O5P/c1-4-5-6-7-10-18-15-17(2)21-13-9-14-22(18)23(21)24(28-3)19-11-8-12-20(16-19)29-30(25,26)27/h1,8,11-12,15-16,18,21-22H,9,13-14H2,2-3H3,(H2,25,26,27). The lowest BCUT2D eigenvalue weighted by molar-refractivity contribution is 0.283. The predicted molar refractivity (Wildman–Crippen MR) is 116 cm³/mol. The van der Waals surface area contributed by atoms with Gasteiger partial charge in [0.2, 0.25) is 0 Å². The Balaban J connectivity index is 2.09. The number of fused-ring (bicyclic) bond motifs is 2. The number of hydrogen-bond acceptors (Lipinski definition) is 3. The third kappa shape index (κ3) is 4.99. The molecule has 0 heterocycles. The van der Waals surface area contributed by atoms with Gasteiger partial charge in [-0.1, -0.05) is 36.1 Å². The topological polar surface area (TPSA) is 76.0 Å².